The maximum atomic E-state index is 12.0. The average molecular weight is 290 g/mol. The smallest absolute Gasteiger partial charge is 0.234 e. The minimum absolute atomic E-state index is 0.0495. The zero-order chi connectivity index (χ0) is 15.1. The molecule has 1 aromatic rings. The largest absolute Gasteiger partial charge is 0.497 e. The van der Waals surface area contributed by atoms with Crippen LogP contribution < -0.4 is 10.1 Å². The normalized spacial score (nSPS) is 19.0. The molecule has 1 atom stereocenters. The van der Waals surface area contributed by atoms with Crippen molar-refractivity contribution < 1.29 is 14.3 Å². The van der Waals surface area contributed by atoms with Crippen molar-refractivity contribution in [1.82, 2.24) is 10.2 Å². The molecule has 1 aliphatic rings. The summed E-state index contributed by atoms with van der Waals surface area (Å²) in [4.78, 5) is 25.0. The van der Waals surface area contributed by atoms with Crippen molar-refractivity contribution in [1.29, 1.82) is 0 Å². The molecule has 5 nitrogen and oxygen atoms in total. The number of amides is 1. The molecule has 0 spiro atoms. The highest BCUT2D eigenvalue weighted by Crippen LogP contribution is 2.15. The van der Waals surface area contributed by atoms with E-state index in [9.17, 15) is 9.59 Å². The van der Waals surface area contributed by atoms with Gasteiger partial charge in [-0.15, -0.1) is 0 Å². The van der Waals surface area contributed by atoms with Gasteiger partial charge in [0.25, 0.3) is 0 Å². The Kier molecular flexibility index (Phi) is 5.75. The Balaban J connectivity index is 1.82. The van der Waals surface area contributed by atoms with Crippen LogP contribution in [0.15, 0.2) is 24.3 Å². The van der Waals surface area contributed by atoms with E-state index in [0.717, 1.165) is 43.4 Å². The molecule has 1 amide bonds. The molecule has 0 bridgehead atoms. The Morgan fingerprint density at radius 2 is 2.33 bits per heavy atom. The van der Waals surface area contributed by atoms with E-state index >= 15 is 0 Å². The lowest BCUT2D eigenvalue weighted by Crippen LogP contribution is -2.46. The number of ether oxygens (including phenoxy) is 1. The van der Waals surface area contributed by atoms with Crippen molar-refractivity contribution >= 4 is 12.2 Å². The van der Waals surface area contributed by atoms with Crippen LogP contribution in [0.4, 0.5) is 0 Å². The molecule has 1 saturated heterocycles. The number of methoxy groups -OCH3 is 1. The van der Waals surface area contributed by atoms with E-state index < -0.39 is 0 Å². The zero-order valence-electron chi connectivity index (χ0n) is 12.4. The first-order valence-corrected chi connectivity index (χ1v) is 7.32. The monoisotopic (exact) mass is 290 g/mol. The van der Waals surface area contributed by atoms with Gasteiger partial charge in [0, 0.05) is 6.54 Å². The third kappa shape index (κ3) is 4.56. The minimum atomic E-state index is -0.110. The number of benzene rings is 1. The van der Waals surface area contributed by atoms with Gasteiger partial charge in [0.15, 0.2) is 0 Å². The van der Waals surface area contributed by atoms with Crippen molar-refractivity contribution in [3.8, 4) is 5.75 Å². The first-order valence-electron chi connectivity index (χ1n) is 7.32. The second-order valence-corrected chi connectivity index (χ2v) is 5.30. The molecule has 1 aromatic carbocycles. The Labute approximate surface area is 125 Å². The molecule has 1 fully saturated rings. The standard InChI is InChI=1S/C16H22N2O3/c1-21-15-7-4-5-13(9-15)10-17-16(20)11-18-8-3-2-6-14(18)12-19/h4-5,7,9,12,14H,2-3,6,8,10-11H2,1H3,(H,17,20). The lowest BCUT2D eigenvalue weighted by molar-refractivity contribution is -0.124. The number of carbonyl (C=O) groups excluding carboxylic acids is 2. The van der Waals surface area contributed by atoms with E-state index in [4.69, 9.17) is 4.74 Å². The third-order valence-corrected chi connectivity index (χ3v) is 3.79. The maximum absolute atomic E-state index is 12.0. The van der Waals surface area contributed by atoms with Gasteiger partial charge in [-0.3, -0.25) is 9.69 Å². The van der Waals surface area contributed by atoms with Gasteiger partial charge in [0.05, 0.1) is 19.7 Å². The van der Waals surface area contributed by atoms with Gasteiger partial charge in [-0.25, -0.2) is 0 Å². The summed E-state index contributed by atoms with van der Waals surface area (Å²) in [6.07, 6.45) is 3.92. The molecule has 1 heterocycles. The lowest BCUT2D eigenvalue weighted by atomic mass is 10.0. The van der Waals surface area contributed by atoms with Crippen molar-refractivity contribution in [2.75, 3.05) is 20.2 Å². The van der Waals surface area contributed by atoms with Gasteiger partial charge in [0.1, 0.15) is 12.0 Å². The van der Waals surface area contributed by atoms with E-state index in [2.05, 4.69) is 5.32 Å². The van der Waals surface area contributed by atoms with E-state index in [-0.39, 0.29) is 18.5 Å². The first-order chi connectivity index (χ1) is 10.2. The molecule has 2 rings (SSSR count). The summed E-state index contributed by atoms with van der Waals surface area (Å²) in [5.74, 6) is 0.727. The fourth-order valence-electron chi connectivity index (χ4n) is 2.59. The van der Waals surface area contributed by atoms with Crippen LogP contribution in [0.1, 0.15) is 24.8 Å². The highest BCUT2D eigenvalue weighted by Gasteiger charge is 2.23. The summed E-state index contributed by atoms with van der Waals surface area (Å²) in [7, 11) is 1.62. The minimum Gasteiger partial charge on any atom is -0.497 e. The van der Waals surface area contributed by atoms with E-state index in [1.54, 1.807) is 7.11 Å². The molecule has 114 valence electrons. The predicted molar refractivity (Wildman–Crippen MR) is 80.1 cm³/mol. The van der Waals surface area contributed by atoms with Crippen LogP contribution in [0, 0.1) is 0 Å². The molecule has 0 aliphatic carbocycles. The second-order valence-electron chi connectivity index (χ2n) is 5.30. The molecule has 0 radical (unpaired) electrons. The number of nitrogens with zero attached hydrogens (tertiary/aromatic N) is 1. The number of carbonyl (C=O) groups is 2. The summed E-state index contributed by atoms with van der Waals surface area (Å²) >= 11 is 0. The number of nitrogens with one attached hydrogen (secondary N) is 1. The number of aldehydes is 1. The highest BCUT2D eigenvalue weighted by atomic mass is 16.5. The zero-order valence-corrected chi connectivity index (χ0v) is 12.4. The van der Waals surface area contributed by atoms with E-state index in [0.29, 0.717) is 6.54 Å². The Hall–Kier alpha value is -1.88. The van der Waals surface area contributed by atoms with Gasteiger partial charge in [-0.05, 0) is 37.1 Å². The SMILES string of the molecule is COc1cccc(CNC(=O)CN2CCCCC2C=O)c1. The van der Waals surface area contributed by atoms with Gasteiger partial charge < -0.3 is 14.8 Å². The second kappa shape index (κ2) is 7.78. The lowest BCUT2D eigenvalue weighted by Gasteiger charge is -2.31. The molecule has 21 heavy (non-hydrogen) atoms. The third-order valence-electron chi connectivity index (χ3n) is 3.79. The first kappa shape index (κ1) is 15.5. The van der Waals surface area contributed by atoms with Crippen LogP contribution >= 0.6 is 0 Å². The van der Waals surface area contributed by atoms with Crippen LogP contribution in [0.25, 0.3) is 0 Å². The summed E-state index contributed by atoms with van der Waals surface area (Å²) in [5, 5.41) is 2.89. The van der Waals surface area contributed by atoms with Crippen molar-refractivity contribution in [2.24, 2.45) is 0 Å². The van der Waals surface area contributed by atoms with Crippen molar-refractivity contribution in [2.45, 2.75) is 31.8 Å². The van der Waals surface area contributed by atoms with Gasteiger partial charge >= 0.3 is 0 Å². The summed E-state index contributed by atoms with van der Waals surface area (Å²) < 4.78 is 5.15. The Morgan fingerprint density at radius 1 is 1.48 bits per heavy atom. The summed E-state index contributed by atoms with van der Waals surface area (Å²) in [6.45, 7) is 1.57. The summed E-state index contributed by atoms with van der Waals surface area (Å²) in [6, 6.07) is 7.50. The molecule has 1 unspecified atom stereocenters. The van der Waals surface area contributed by atoms with Crippen LogP contribution in [0.2, 0.25) is 0 Å². The van der Waals surface area contributed by atoms with Gasteiger partial charge in [0.2, 0.25) is 5.91 Å². The predicted octanol–water partition coefficient (Wildman–Crippen LogP) is 1.36. The quantitative estimate of drug-likeness (QED) is 0.804. The molecule has 0 saturated carbocycles. The van der Waals surface area contributed by atoms with Crippen LogP contribution in [0.5, 0.6) is 5.75 Å². The van der Waals surface area contributed by atoms with E-state index in [1.807, 2.05) is 29.2 Å². The van der Waals surface area contributed by atoms with Crippen molar-refractivity contribution in [3.05, 3.63) is 29.8 Å². The average Bonchev–Trinajstić information content (AvgIpc) is 2.53. The Morgan fingerprint density at radius 3 is 3.10 bits per heavy atom. The fraction of sp³-hybridized carbons (Fsp3) is 0.500. The summed E-state index contributed by atoms with van der Waals surface area (Å²) in [5.41, 5.74) is 0.994. The topological polar surface area (TPSA) is 58.6 Å². The molecule has 0 aromatic heterocycles. The molecule has 1 N–H and O–H groups in total. The van der Waals surface area contributed by atoms with Gasteiger partial charge in [-0.2, -0.15) is 0 Å². The van der Waals surface area contributed by atoms with E-state index in [1.165, 1.54) is 0 Å². The van der Waals surface area contributed by atoms with Crippen LogP contribution in [-0.4, -0.2) is 43.3 Å². The number of hydrogen-bond acceptors (Lipinski definition) is 4. The maximum Gasteiger partial charge on any atom is 0.234 e. The van der Waals surface area contributed by atoms with Crippen LogP contribution in [-0.2, 0) is 16.1 Å². The molecule has 5 heteroatoms. The number of piperidine rings is 1. The molecular formula is C16H22N2O3. The number of likely N-dealkylation sites (tertiary alicyclic amines) is 1. The Bertz CT molecular complexity index is 490. The fourth-order valence-corrected chi connectivity index (χ4v) is 2.59. The number of hydrogen-bond donors (Lipinski definition) is 1. The molecule has 1 aliphatic heterocycles. The van der Waals surface area contributed by atoms with Gasteiger partial charge in [-0.1, -0.05) is 18.6 Å². The molecular weight excluding hydrogens is 268 g/mol. The number of rotatable bonds is 6. The van der Waals surface area contributed by atoms with Crippen LogP contribution in [0.3, 0.4) is 0 Å². The van der Waals surface area contributed by atoms with Crippen molar-refractivity contribution in [3.63, 3.8) is 0 Å². The highest BCUT2D eigenvalue weighted by molar-refractivity contribution is 5.78.